The number of nitrogens with zero attached hydrogens (tertiary/aromatic N) is 8. The van der Waals surface area contributed by atoms with Crippen molar-refractivity contribution in [1.82, 2.24) is 38.6 Å². The molecule has 0 aliphatic rings. The summed E-state index contributed by atoms with van der Waals surface area (Å²) in [5.41, 5.74) is 17.0. The SMILES string of the molecule is c1ccc(-c2nc(-c3cccc(-c4ccc5c6ccccc6n(-c6ccccc6)c5c4)c3)nc(-n3c4ccccc4c4c3ccc3c5ccccc5n(-c5nccc(-c6ccc7[se]c(-c8ccccc8)c(-c8ccccc8)c7c6)n5)c34)n2)cc1. The minimum absolute atomic E-state index is 0.130. The molecule has 8 nitrogen and oxygen atoms in total. The van der Waals surface area contributed by atoms with E-state index >= 15 is 0 Å². The molecule has 0 saturated carbocycles. The van der Waals surface area contributed by atoms with E-state index in [0.29, 0.717) is 23.5 Å². The minimum atomic E-state index is 0.130. The Morgan fingerprint density at radius 2 is 0.857 bits per heavy atom. The van der Waals surface area contributed by atoms with Crippen LogP contribution in [0.15, 0.2) is 279 Å². The van der Waals surface area contributed by atoms with E-state index in [9.17, 15) is 0 Å². The van der Waals surface area contributed by atoms with E-state index < -0.39 is 0 Å². The van der Waals surface area contributed by atoms with Gasteiger partial charge in [-0.2, -0.15) is 9.97 Å². The van der Waals surface area contributed by atoms with Crippen LogP contribution in [0.4, 0.5) is 0 Å². The van der Waals surface area contributed by atoms with Crippen LogP contribution < -0.4 is 0 Å². The van der Waals surface area contributed by atoms with Gasteiger partial charge in [0.2, 0.25) is 5.95 Å². The maximum atomic E-state index is 5.50. The van der Waals surface area contributed by atoms with Crippen LogP contribution >= 0.6 is 0 Å². The number of rotatable bonds is 9. The summed E-state index contributed by atoms with van der Waals surface area (Å²) < 4.78 is 9.58. The average molecular weight is 1140 g/mol. The van der Waals surface area contributed by atoms with Gasteiger partial charge < -0.3 is 4.57 Å². The van der Waals surface area contributed by atoms with Crippen molar-refractivity contribution in [1.29, 1.82) is 0 Å². The van der Waals surface area contributed by atoms with Gasteiger partial charge in [0.1, 0.15) is 0 Å². The molecule has 0 fully saturated rings. The smallest absolute Gasteiger partial charge is 0.0512 e. The molecule has 0 aliphatic heterocycles. The molecule has 17 aromatic rings. The summed E-state index contributed by atoms with van der Waals surface area (Å²) in [6.45, 7) is 0. The molecule has 6 heterocycles. The van der Waals surface area contributed by atoms with E-state index in [2.05, 4.69) is 262 Å². The predicted octanol–water partition coefficient (Wildman–Crippen LogP) is 18.2. The third-order valence-corrected chi connectivity index (χ3v) is 19.0. The quantitative estimate of drug-likeness (QED) is 0.135. The van der Waals surface area contributed by atoms with E-state index in [-0.39, 0.29) is 14.5 Å². The first kappa shape index (κ1) is 47.9. The van der Waals surface area contributed by atoms with Gasteiger partial charge in [-0.15, -0.1) is 0 Å². The number of aromatic nitrogens is 8. The zero-order valence-corrected chi connectivity index (χ0v) is 46.8. The Bertz CT molecular complexity index is 5430. The molecule has 9 heteroatoms. The van der Waals surface area contributed by atoms with Crippen molar-refractivity contribution < 1.29 is 0 Å². The topological polar surface area (TPSA) is 79.2 Å². The zero-order valence-electron chi connectivity index (χ0n) is 45.0. The maximum Gasteiger partial charge on any atom is -0.0512 e. The molecule has 17 rings (SSSR count). The van der Waals surface area contributed by atoms with E-state index in [0.717, 1.165) is 88.3 Å². The van der Waals surface area contributed by atoms with Gasteiger partial charge >= 0.3 is 259 Å². The van der Waals surface area contributed by atoms with Crippen molar-refractivity contribution in [2.24, 2.45) is 0 Å². The molecule has 0 N–H and O–H groups in total. The van der Waals surface area contributed by atoms with E-state index in [1.807, 2.05) is 30.5 Å². The number of hydrogen-bond donors (Lipinski definition) is 0. The van der Waals surface area contributed by atoms with E-state index in [1.165, 1.54) is 47.1 Å². The summed E-state index contributed by atoms with van der Waals surface area (Å²) >= 11 is 0.130. The van der Waals surface area contributed by atoms with Crippen LogP contribution in [0.5, 0.6) is 0 Å². The molecule has 0 spiro atoms. The van der Waals surface area contributed by atoms with Gasteiger partial charge in [-0.1, -0.05) is 109 Å². The third-order valence-electron chi connectivity index (χ3n) is 16.4. The van der Waals surface area contributed by atoms with Crippen LogP contribution in [0.25, 0.3) is 159 Å². The Morgan fingerprint density at radius 1 is 0.298 bits per heavy atom. The summed E-state index contributed by atoms with van der Waals surface area (Å²) in [6.07, 6.45) is 1.90. The second-order valence-electron chi connectivity index (χ2n) is 21.2. The Morgan fingerprint density at radius 3 is 1.61 bits per heavy atom. The third kappa shape index (κ3) is 7.71. The fourth-order valence-electron chi connectivity index (χ4n) is 12.6. The molecule has 392 valence electrons. The molecule has 0 aliphatic carbocycles. The Balaban J connectivity index is 0.839. The summed E-state index contributed by atoms with van der Waals surface area (Å²) in [5.74, 6) is 2.26. The van der Waals surface area contributed by atoms with E-state index in [4.69, 9.17) is 24.9 Å². The van der Waals surface area contributed by atoms with Gasteiger partial charge in [0, 0.05) is 27.6 Å². The van der Waals surface area contributed by atoms with Gasteiger partial charge in [0.25, 0.3) is 0 Å². The van der Waals surface area contributed by atoms with Gasteiger partial charge in [-0.25, -0.2) is 4.98 Å². The average Bonchev–Trinajstić information content (AvgIpc) is 2.23. The Kier molecular flexibility index (Phi) is 11.1. The number of fused-ring (bicyclic) bond motifs is 11. The monoisotopic (exact) mass is 1140 g/mol. The number of hydrogen-bond acceptors (Lipinski definition) is 5. The van der Waals surface area contributed by atoms with Gasteiger partial charge in [-0.3, -0.25) is 0 Å². The maximum absolute atomic E-state index is 5.50. The molecule has 0 atom stereocenters. The van der Waals surface area contributed by atoms with Crippen molar-refractivity contribution in [2.45, 2.75) is 0 Å². The molecule has 11 aromatic carbocycles. The van der Waals surface area contributed by atoms with Gasteiger partial charge in [0.15, 0.2) is 11.6 Å². The molecule has 0 saturated heterocycles. The van der Waals surface area contributed by atoms with Crippen LogP contribution in [-0.4, -0.2) is 53.1 Å². The molecular weight excluding hydrogens is 1090 g/mol. The molecule has 0 amide bonds. The first-order valence-electron chi connectivity index (χ1n) is 28.1. The first-order valence-corrected chi connectivity index (χ1v) is 29.9. The summed E-state index contributed by atoms with van der Waals surface area (Å²) in [7, 11) is 0. The Hall–Kier alpha value is -10.8. The summed E-state index contributed by atoms with van der Waals surface area (Å²) in [6, 6.07) is 97.0. The number of benzene rings is 11. The van der Waals surface area contributed by atoms with Crippen molar-refractivity contribution in [3.05, 3.63) is 279 Å². The van der Waals surface area contributed by atoms with Crippen LogP contribution in [0.2, 0.25) is 0 Å². The first-order chi connectivity index (χ1) is 41.7. The summed E-state index contributed by atoms with van der Waals surface area (Å²) in [4.78, 5) is 26.7. The Labute approximate surface area is 488 Å². The molecule has 6 aromatic heterocycles. The number of para-hydroxylation sites is 4. The van der Waals surface area contributed by atoms with Crippen LogP contribution in [0.1, 0.15) is 0 Å². The summed E-state index contributed by atoms with van der Waals surface area (Å²) in [5, 5.41) is 8.00. The predicted molar refractivity (Wildman–Crippen MR) is 345 cm³/mol. The van der Waals surface area contributed by atoms with Crippen molar-refractivity contribution in [3.63, 3.8) is 0 Å². The second-order valence-corrected chi connectivity index (χ2v) is 23.4. The van der Waals surface area contributed by atoms with Crippen molar-refractivity contribution >= 4 is 89.6 Å². The molecule has 84 heavy (non-hydrogen) atoms. The fourth-order valence-corrected chi connectivity index (χ4v) is 15.2. The van der Waals surface area contributed by atoms with Gasteiger partial charge in [0.05, 0.1) is 11.0 Å². The largest absolute Gasteiger partial charge is 0.192 e. The molecule has 0 radical (unpaired) electrons. The molecular formula is C75H46N8Se. The molecule has 0 unspecified atom stereocenters. The van der Waals surface area contributed by atoms with E-state index in [1.54, 1.807) is 0 Å². The minimum Gasteiger partial charge on any atom is -0.192 e. The fraction of sp³-hybridized carbons (Fsp3) is 0. The van der Waals surface area contributed by atoms with Gasteiger partial charge in [-0.05, 0) is 47.5 Å². The normalized spacial score (nSPS) is 11.8. The van der Waals surface area contributed by atoms with Crippen LogP contribution in [-0.2, 0) is 0 Å². The zero-order chi connectivity index (χ0) is 55.2. The molecule has 0 bridgehead atoms. The van der Waals surface area contributed by atoms with Crippen LogP contribution in [0.3, 0.4) is 0 Å². The standard InChI is InChI=1S/C75H46N8Se/c1-5-20-47(21-6-1)68-60-45-52(37-41-67(60)84-71(68)48-22-7-2-8-23-48)61-42-43-76-74(77-61)83-63-34-17-14-31-56(63)58-39-40-65-69(70(58)83)59-32-15-18-35-64(59)82(65)75-79-72(49-24-9-3-10-25-49)78-73(80-75)53-27-19-26-50(44-53)51-36-38-57-55-30-13-16-33-62(55)81(66(57)46-51)54-28-11-4-12-29-54/h1-46H. The van der Waals surface area contributed by atoms with Crippen LogP contribution in [0, 0.1) is 0 Å². The van der Waals surface area contributed by atoms with Crippen molar-refractivity contribution in [2.75, 3.05) is 0 Å². The second kappa shape index (κ2) is 19.4. The van der Waals surface area contributed by atoms with Crippen molar-refractivity contribution in [3.8, 4) is 83.9 Å².